The maximum atomic E-state index is 13.1. The molecule has 0 spiro atoms. The lowest BCUT2D eigenvalue weighted by atomic mass is 9.84. The summed E-state index contributed by atoms with van der Waals surface area (Å²) in [6.45, 7) is 6.45. The summed E-state index contributed by atoms with van der Waals surface area (Å²) in [5.41, 5.74) is 2.37. The predicted molar refractivity (Wildman–Crippen MR) is 97.2 cm³/mol. The highest BCUT2D eigenvalue weighted by Crippen LogP contribution is 2.26. The summed E-state index contributed by atoms with van der Waals surface area (Å²) < 4.78 is 14.9. The van der Waals surface area contributed by atoms with Crippen LogP contribution in [-0.2, 0) is 11.2 Å². The Hall–Kier alpha value is -2.69. The average Bonchev–Trinajstić information content (AvgIpc) is 2.98. The van der Waals surface area contributed by atoms with Crippen LogP contribution in [0.1, 0.15) is 26.3 Å². The number of amides is 1. The molecular formula is C20H22FN3O. The molecule has 25 heavy (non-hydrogen) atoms. The van der Waals surface area contributed by atoms with E-state index < -0.39 is 5.41 Å². The molecule has 0 aliphatic carbocycles. The second kappa shape index (κ2) is 6.67. The fourth-order valence-electron chi connectivity index (χ4n) is 2.97. The molecule has 2 aromatic carbocycles. The highest BCUT2D eigenvalue weighted by Gasteiger charge is 2.27. The van der Waals surface area contributed by atoms with Gasteiger partial charge in [0.15, 0.2) is 0 Å². The lowest BCUT2D eigenvalue weighted by Crippen LogP contribution is -2.38. The van der Waals surface area contributed by atoms with E-state index in [1.165, 1.54) is 12.1 Å². The van der Waals surface area contributed by atoms with Crippen LogP contribution in [0.3, 0.4) is 0 Å². The van der Waals surface area contributed by atoms with Gasteiger partial charge in [0.25, 0.3) is 0 Å². The lowest BCUT2D eigenvalue weighted by Gasteiger charge is -2.23. The van der Waals surface area contributed by atoms with Crippen molar-refractivity contribution in [3.63, 3.8) is 0 Å². The van der Waals surface area contributed by atoms with Gasteiger partial charge in [0, 0.05) is 17.3 Å². The molecule has 3 aromatic rings. The Labute approximate surface area is 146 Å². The van der Waals surface area contributed by atoms with E-state index in [4.69, 9.17) is 0 Å². The fourth-order valence-corrected chi connectivity index (χ4v) is 2.97. The molecule has 0 saturated carbocycles. The van der Waals surface area contributed by atoms with Gasteiger partial charge in [0.05, 0.1) is 17.4 Å². The molecule has 4 nitrogen and oxygen atoms in total. The van der Waals surface area contributed by atoms with Gasteiger partial charge < -0.3 is 5.32 Å². The largest absolute Gasteiger partial charge is 0.356 e. The zero-order valence-electron chi connectivity index (χ0n) is 14.7. The van der Waals surface area contributed by atoms with Crippen molar-refractivity contribution in [2.45, 2.75) is 27.2 Å². The second-order valence-electron chi connectivity index (χ2n) is 6.85. The van der Waals surface area contributed by atoms with Crippen LogP contribution in [0.2, 0.25) is 0 Å². The van der Waals surface area contributed by atoms with Gasteiger partial charge in [-0.15, -0.1) is 0 Å². The molecule has 3 rings (SSSR count). The highest BCUT2D eigenvalue weighted by atomic mass is 19.1. The third kappa shape index (κ3) is 3.55. The van der Waals surface area contributed by atoms with Crippen LogP contribution in [0.4, 0.5) is 4.39 Å². The highest BCUT2D eigenvalue weighted by molar-refractivity contribution is 5.83. The summed E-state index contributed by atoms with van der Waals surface area (Å²) in [5.74, 6) is -0.216. The normalized spacial score (nSPS) is 11.7. The molecule has 0 atom stereocenters. The van der Waals surface area contributed by atoms with E-state index in [9.17, 15) is 9.18 Å². The fraction of sp³-hybridized carbons (Fsp3) is 0.300. The zero-order chi connectivity index (χ0) is 18.0. The Morgan fingerprint density at radius 1 is 1.20 bits per heavy atom. The molecule has 1 amide bonds. The van der Waals surface area contributed by atoms with Crippen LogP contribution in [-0.4, -0.2) is 22.2 Å². The van der Waals surface area contributed by atoms with Gasteiger partial charge in [-0.3, -0.25) is 4.79 Å². The molecule has 1 aromatic heterocycles. The van der Waals surface area contributed by atoms with E-state index in [1.54, 1.807) is 23.0 Å². The number of aromatic nitrogens is 2. The summed E-state index contributed by atoms with van der Waals surface area (Å²) in [7, 11) is 0. The number of nitrogens with one attached hydrogen (secondary N) is 1. The van der Waals surface area contributed by atoms with Crippen LogP contribution < -0.4 is 5.32 Å². The van der Waals surface area contributed by atoms with Gasteiger partial charge in [-0.05, 0) is 55.3 Å². The smallest absolute Gasteiger partial charge is 0.225 e. The van der Waals surface area contributed by atoms with Crippen LogP contribution in [0.25, 0.3) is 16.6 Å². The third-order valence-electron chi connectivity index (χ3n) is 4.30. The average molecular weight is 339 g/mol. The van der Waals surface area contributed by atoms with Crippen LogP contribution >= 0.6 is 0 Å². The van der Waals surface area contributed by atoms with Crippen molar-refractivity contribution < 1.29 is 9.18 Å². The number of halogens is 1. The molecule has 5 heteroatoms. The molecule has 1 heterocycles. The molecule has 130 valence electrons. The summed E-state index contributed by atoms with van der Waals surface area (Å²) in [4.78, 5) is 12.2. The van der Waals surface area contributed by atoms with Gasteiger partial charge in [-0.25, -0.2) is 9.07 Å². The molecule has 1 N–H and O–H groups in total. The van der Waals surface area contributed by atoms with E-state index >= 15 is 0 Å². The van der Waals surface area contributed by atoms with Crippen molar-refractivity contribution in [2.75, 3.05) is 6.54 Å². The van der Waals surface area contributed by atoms with E-state index in [-0.39, 0.29) is 11.7 Å². The maximum Gasteiger partial charge on any atom is 0.225 e. The quantitative estimate of drug-likeness (QED) is 0.767. The summed E-state index contributed by atoms with van der Waals surface area (Å²) >= 11 is 0. The molecule has 0 radical (unpaired) electrons. The molecular weight excluding hydrogens is 317 g/mol. The number of rotatable bonds is 5. The second-order valence-corrected chi connectivity index (χ2v) is 6.85. The zero-order valence-corrected chi connectivity index (χ0v) is 14.7. The van der Waals surface area contributed by atoms with Crippen LogP contribution in [0.15, 0.2) is 48.7 Å². The number of fused-ring (bicyclic) bond motifs is 1. The number of nitrogens with zero attached hydrogens (tertiary/aromatic N) is 2. The monoisotopic (exact) mass is 339 g/mol. The summed E-state index contributed by atoms with van der Waals surface area (Å²) in [6, 6.07) is 12.3. The Kier molecular flexibility index (Phi) is 4.57. The minimum absolute atomic E-state index is 0.0529. The maximum absolute atomic E-state index is 13.1. The standard InChI is InChI=1S/C20H22FN3O/c1-4-22-19(25)20(2,3)12-14-5-10-18-15(11-14)13-23-24(18)17-8-6-16(21)7-9-17/h5-11,13H,4,12H2,1-3H3,(H,22,25). The number of hydrogen-bond donors (Lipinski definition) is 1. The predicted octanol–water partition coefficient (Wildman–Crippen LogP) is 3.87. The first-order valence-electron chi connectivity index (χ1n) is 8.41. The first kappa shape index (κ1) is 17.1. The Morgan fingerprint density at radius 2 is 1.92 bits per heavy atom. The first-order valence-corrected chi connectivity index (χ1v) is 8.41. The molecule has 0 fully saturated rings. The van der Waals surface area contributed by atoms with Crippen molar-refractivity contribution in [1.29, 1.82) is 0 Å². The minimum atomic E-state index is -0.476. The topological polar surface area (TPSA) is 46.9 Å². The Bertz CT molecular complexity index is 897. The van der Waals surface area contributed by atoms with E-state index in [0.717, 1.165) is 22.2 Å². The Balaban J connectivity index is 1.89. The van der Waals surface area contributed by atoms with Gasteiger partial charge >= 0.3 is 0 Å². The first-order chi connectivity index (χ1) is 11.9. The van der Waals surface area contributed by atoms with E-state index in [1.807, 2.05) is 32.9 Å². The van der Waals surface area contributed by atoms with E-state index in [0.29, 0.717) is 13.0 Å². The molecule has 0 bridgehead atoms. The number of benzene rings is 2. The van der Waals surface area contributed by atoms with Gasteiger partial charge in [0.1, 0.15) is 5.82 Å². The van der Waals surface area contributed by atoms with E-state index in [2.05, 4.69) is 16.5 Å². The van der Waals surface area contributed by atoms with Crippen LogP contribution in [0, 0.1) is 11.2 Å². The third-order valence-corrected chi connectivity index (χ3v) is 4.30. The summed E-state index contributed by atoms with van der Waals surface area (Å²) in [6.07, 6.45) is 2.44. The molecule has 0 unspecified atom stereocenters. The van der Waals surface area contributed by atoms with Gasteiger partial charge in [-0.2, -0.15) is 5.10 Å². The van der Waals surface area contributed by atoms with Crippen molar-refractivity contribution >= 4 is 16.8 Å². The SMILES string of the molecule is CCNC(=O)C(C)(C)Cc1ccc2c(cnn2-c2ccc(F)cc2)c1. The van der Waals surface area contributed by atoms with Crippen molar-refractivity contribution in [3.8, 4) is 5.69 Å². The van der Waals surface area contributed by atoms with Gasteiger partial charge in [0.2, 0.25) is 5.91 Å². The minimum Gasteiger partial charge on any atom is -0.356 e. The molecule has 0 saturated heterocycles. The van der Waals surface area contributed by atoms with Crippen molar-refractivity contribution in [3.05, 3.63) is 60.0 Å². The number of carbonyl (C=O) groups is 1. The number of hydrogen-bond acceptors (Lipinski definition) is 2. The molecule has 0 aliphatic heterocycles. The number of carbonyl (C=O) groups excluding carboxylic acids is 1. The lowest BCUT2D eigenvalue weighted by molar-refractivity contribution is -0.129. The molecule has 0 aliphatic rings. The Morgan fingerprint density at radius 3 is 2.60 bits per heavy atom. The van der Waals surface area contributed by atoms with Gasteiger partial charge in [-0.1, -0.05) is 19.9 Å². The van der Waals surface area contributed by atoms with Crippen molar-refractivity contribution in [2.24, 2.45) is 5.41 Å². The summed E-state index contributed by atoms with van der Waals surface area (Å²) in [5, 5.41) is 8.29. The van der Waals surface area contributed by atoms with Crippen molar-refractivity contribution in [1.82, 2.24) is 15.1 Å². The van der Waals surface area contributed by atoms with Crippen LogP contribution in [0.5, 0.6) is 0 Å².